The van der Waals surface area contributed by atoms with Crippen molar-refractivity contribution >= 4 is 24.3 Å². The van der Waals surface area contributed by atoms with Gasteiger partial charge in [0, 0.05) is 18.4 Å². The highest BCUT2D eigenvalue weighted by molar-refractivity contribution is 5.99. The van der Waals surface area contributed by atoms with Gasteiger partial charge in [0.05, 0.1) is 24.5 Å². The number of nitrogens with zero attached hydrogens (tertiary/aromatic N) is 3. The second kappa shape index (κ2) is 16.0. The van der Waals surface area contributed by atoms with Crippen molar-refractivity contribution in [2.24, 2.45) is 26.9 Å². The smallest absolute Gasteiger partial charge is 0.275 e. The van der Waals surface area contributed by atoms with Gasteiger partial charge in [-0.1, -0.05) is 96.5 Å². The molecule has 0 fully saturated rings. The summed E-state index contributed by atoms with van der Waals surface area (Å²) in [5.41, 5.74) is 16.7. The third kappa shape index (κ3) is 9.23. The maximum atomic E-state index is 14.7. The molecule has 1 aliphatic heterocycles. The Morgan fingerprint density at radius 3 is 2.41 bits per heavy atom. The molecule has 1 aliphatic carbocycles. The Kier molecular flexibility index (Phi) is 13.3. The Morgan fingerprint density at radius 2 is 1.80 bits per heavy atom. The Morgan fingerprint density at radius 1 is 1.11 bits per heavy atom. The zero-order valence-corrected chi connectivity index (χ0v) is 28.1. The molecular formula is C36H53F2N5O. The number of hydrogen-bond donors (Lipinski definition) is 2. The van der Waals surface area contributed by atoms with Crippen LogP contribution >= 0.6 is 0 Å². The highest BCUT2D eigenvalue weighted by atomic mass is 19.3. The fourth-order valence-corrected chi connectivity index (χ4v) is 5.76. The average molecular weight is 610 g/mol. The van der Waals surface area contributed by atoms with Gasteiger partial charge in [-0.15, -0.1) is 0 Å². The summed E-state index contributed by atoms with van der Waals surface area (Å²) in [4.78, 5) is 23.5. The number of rotatable bonds is 8. The molecule has 2 aromatic rings. The van der Waals surface area contributed by atoms with Crippen LogP contribution in [0.5, 0.6) is 0 Å². The number of allylic oxidation sites excluding steroid dienone is 1. The number of hydrogen-bond acceptors (Lipinski definition) is 4. The van der Waals surface area contributed by atoms with Crippen LogP contribution in [-0.4, -0.2) is 29.1 Å². The van der Waals surface area contributed by atoms with Crippen molar-refractivity contribution in [3.05, 3.63) is 75.9 Å². The van der Waals surface area contributed by atoms with Gasteiger partial charge < -0.3 is 11.5 Å². The molecule has 3 atom stereocenters. The van der Waals surface area contributed by atoms with Crippen LogP contribution in [0.25, 0.3) is 6.08 Å². The molecule has 242 valence electrons. The van der Waals surface area contributed by atoms with Gasteiger partial charge in [0.15, 0.2) is 5.96 Å². The van der Waals surface area contributed by atoms with Gasteiger partial charge in [-0.2, -0.15) is 0 Å². The van der Waals surface area contributed by atoms with Crippen LogP contribution in [0.4, 0.5) is 8.78 Å². The Balaban J connectivity index is 0.00000162. The highest BCUT2D eigenvalue weighted by Crippen LogP contribution is 2.50. The number of aliphatic imine (C=N–C) groups is 2. The van der Waals surface area contributed by atoms with Crippen LogP contribution in [0.2, 0.25) is 0 Å². The van der Waals surface area contributed by atoms with E-state index in [1.807, 2.05) is 34.6 Å². The van der Waals surface area contributed by atoms with E-state index in [0.29, 0.717) is 18.4 Å². The number of carbonyl (C=O) groups is 1. The van der Waals surface area contributed by atoms with Crippen LogP contribution in [-0.2, 0) is 10.7 Å². The average Bonchev–Trinajstić information content (AvgIpc) is 3.22. The van der Waals surface area contributed by atoms with Gasteiger partial charge in [-0.3, -0.25) is 14.7 Å². The van der Waals surface area contributed by atoms with Gasteiger partial charge in [0.25, 0.3) is 5.92 Å². The quantitative estimate of drug-likeness (QED) is 0.231. The largest absolute Gasteiger partial charge is 0.390 e. The first kappa shape index (κ1) is 36.6. The number of amides is 1. The van der Waals surface area contributed by atoms with Crippen LogP contribution < -0.4 is 11.5 Å². The number of carbonyl (C=O) groups excluding carboxylic acids is 1. The normalized spacial score (nSPS) is 20.0. The zero-order valence-electron chi connectivity index (χ0n) is 28.1. The molecule has 1 unspecified atom stereocenters. The minimum absolute atomic E-state index is 0.0115. The summed E-state index contributed by atoms with van der Waals surface area (Å²) in [7, 11) is 0. The SMILES string of the molecule is CC.CC.Cc1ccc2c(c1)[C@H](N1C(=O)C[C@@H](CC/C=C/c3ccc(C)c(C(CC(C)(C)C)N=CN)c3)N=C1N)CC2(F)F. The van der Waals surface area contributed by atoms with E-state index in [4.69, 9.17) is 11.5 Å². The van der Waals surface area contributed by atoms with Gasteiger partial charge in [-0.25, -0.2) is 13.8 Å². The minimum Gasteiger partial charge on any atom is -0.390 e. The van der Waals surface area contributed by atoms with Crippen molar-refractivity contribution < 1.29 is 13.6 Å². The molecule has 1 heterocycles. The first-order chi connectivity index (χ1) is 20.8. The molecule has 44 heavy (non-hydrogen) atoms. The van der Waals surface area contributed by atoms with Crippen molar-refractivity contribution in [2.45, 2.75) is 118 Å². The van der Waals surface area contributed by atoms with Crippen LogP contribution in [0.3, 0.4) is 0 Å². The number of fused-ring (bicyclic) bond motifs is 1. The van der Waals surface area contributed by atoms with Gasteiger partial charge in [-0.05, 0) is 66.8 Å². The number of alkyl halides is 2. The lowest BCUT2D eigenvalue weighted by Crippen LogP contribution is -2.48. The molecule has 0 saturated heterocycles. The van der Waals surface area contributed by atoms with Gasteiger partial charge >= 0.3 is 0 Å². The van der Waals surface area contributed by atoms with Crippen LogP contribution in [0.15, 0.2) is 52.5 Å². The number of benzene rings is 2. The van der Waals surface area contributed by atoms with E-state index in [-0.39, 0.29) is 41.3 Å². The summed E-state index contributed by atoms with van der Waals surface area (Å²) < 4.78 is 29.4. The molecule has 2 aromatic carbocycles. The zero-order chi connectivity index (χ0) is 33.2. The van der Waals surface area contributed by atoms with E-state index in [1.165, 1.54) is 22.9 Å². The summed E-state index contributed by atoms with van der Waals surface area (Å²) in [6, 6.07) is 10.1. The number of halogens is 2. The third-order valence-electron chi connectivity index (χ3n) is 7.67. The molecule has 0 bridgehead atoms. The minimum atomic E-state index is -3.00. The molecule has 0 aromatic heterocycles. The number of aryl methyl sites for hydroxylation is 2. The monoisotopic (exact) mass is 609 g/mol. The van der Waals surface area contributed by atoms with Crippen molar-refractivity contribution in [3.63, 3.8) is 0 Å². The third-order valence-corrected chi connectivity index (χ3v) is 7.67. The van der Waals surface area contributed by atoms with Crippen molar-refractivity contribution in [1.82, 2.24) is 4.90 Å². The second-order valence-corrected chi connectivity index (χ2v) is 12.3. The molecule has 0 spiro atoms. The molecule has 1 amide bonds. The maximum absolute atomic E-state index is 14.7. The molecule has 4 N–H and O–H groups in total. The summed E-state index contributed by atoms with van der Waals surface area (Å²) in [6.45, 7) is 18.5. The van der Waals surface area contributed by atoms with E-state index in [2.05, 4.69) is 68.0 Å². The summed E-state index contributed by atoms with van der Waals surface area (Å²) in [5.74, 6) is -3.24. The van der Waals surface area contributed by atoms with Gasteiger partial charge in [0.2, 0.25) is 5.91 Å². The second-order valence-electron chi connectivity index (χ2n) is 12.3. The lowest BCUT2D eigenvalue weighted by molar-refractivity contribution is -0.131. The van der Waals surface area contributed by atoms with Crippen LogP contribution in [0.1, 0.15) is 126 Å². The Hall–Kier alpha value is -3.55. The lowest BCUT2D eigenvalue weighted by atomic mass is 9.84. The van der Waals surface area contributed by atoms with Gasteiger partial charge in [0.1, 0.15) is 0 Å². The summed E-state index contributed by atoms with van der Waals surface area (Å²) in [5, 5.41) is 0. The molecule has 8 heteroatoms. The van der Waals surface area contributed by atoms with E-state index >= 15 is 0 Å². The lowest BCUT2D eigenvalue weighted by Gasteiger charge is -2.33. The molecule has 0 radical (unpaired) electrons. The Bertz CT molecular complexity index is 1340. The molecule has 4 rings (SSSR count). The van der Waals surface area contributed by atoms with E-state index in [0.717, 1.165) is 23.1 Å². The number of guanidine groups is 1. The molecule has 2 aliphatic rings. The van der Waals surface area contributed by atoms with E-state index in [9.17, 15) is 13.6 Å². The number of nitrogens with two attached hydrogens (primary N) is 2. The van der Waals surface area contributed by atoms with Crippen LogP contribution in [0, 0.1) is 19.3 Å². The fourth-order valence-electron chi connectivity index (χ4n) is 5.76. The molecule has 0 saturated carbocycles. The fraction of sp³-hybridized carbons (Fsp3) is 0.528. The standard InChI is InChI=1S/C32H41F2N5O.2C2H6/c1-20-10-13-26-25(14-20)28(18-32(26,33)34)39-29(40)16-23(38-30(39)36)9-7-6-8-22-12-11-21(2)24(15-22)27(37-19-35)17-31(3,4)5;2*1-2/h6,8,10-15,19,23,27-28H,7,9,16-18H2,1-5H3,(H2,35,37)(H2,36,38);2*1-2H3/b8-6+;;/t23-,27?,28-;;/m1../s1. The summed E-state index contributed by atoms with van der Waals surface area (Å²) in [6.07, 6.45) is 7.40. The molecule has 6 nitrogen and oxygen atoms in total. The van der Waals surface area contributed by atoms with Crippen molar-refractivity contribution in [2.75, 3.05) is 0 Å². The maximum Gasteiger partial charge on any atom is 0.275 e. The highest BCUT2D eigenvalue weighted by Gasteiger charge is 2.49. The van der Waals surface area contributed by atoms with E-state index < -0.39 is 18.4 Å². The predicted octanol–water partition coefficient (Wildman–Crippen LogP) is 8.77. The van der Waals surface area contributed by atoms with Crippen molar-refractivity contribution in [3.8, 4) is 0 Å². The van der Waals surface area contributed by atoms with E-state index in [1.54, 1.807) is 12.1 Å². The Labute approximate surface area is 263 Å². The van der Waals surface area contributed by atoms with Crippen molar-refractivity contribution in [1.29, 1.82) is 0 Å². The molecular weight excluding hydrogens is 556 g/mol. The predicted molar refractivity (Wildman–Crippen MR) is 181 cm³/mol. The topological polar surface area (TPSA) is 97.1 Å². The first-order valence-electron chi connectivity index (χ1n) is 15.9. The summed E-state index contributed by atoms with van der Waals surface area (Å²) >= 11 is 0. The first-order valence-corrected chi connectivity index (χ1v) is 15.9.